The van der Waals surface area contributed by atoms with Crippen molar-refractivity contribution in [1.29, 1.82) is 0 Å². The van der Waals surface area contributed by atoms with Gasteiger partial charge in [-0.1, -0.05) is 13.8 Å². The molecule has 19 heavy (non-hydrogen) atoms. The minimum absolute atomic E-state index is 0.143. The molecule has 0 aromatic rings. The molecule has 0 aliphatic heterocycles. The maximum absolute atomic E-state index is 12.2. The molecule has 0 unspecified atom stereocenters. The Kier molecular flexibility index (Phi) is 4.55. The summed E-state index contributed by atoms with van der Waals surface area (Å²) in [6.07, 6.45) is -0.221. The largest absolute Gasteiger partial charge is 0.444 e. The zero-order valence-corrected chi connectivity index (χ0v) is 13.5. The molecule has 4 nitrogen and oxygen atoms in total. The number of nitrogens with zero attached hydrogens (tertiary/aromatic N) is 1. The molecule has 1 aliphatic rings. The van der Waals surface area contributed by atoms with E-state index in [-0.39, 0.29) is 17.6 Å². The van der Waals surface area contributed by atoms with Crippen LogP contribution in [0.25, 0.3) is 0 Å². The molecule has 0 heterocycles. The Morgan fingerprint density at radius 2 is 1.84 bits per heavy atom. The van der Waals surface area contributed by atoms with Crippen molar-refractivity contribution in [2.24, 2.45) is 23.0 Å². The van der Waals surface area contributed by atoms with Crippen LogP contribution in [0, 0.1) is 17.3 Å². The SMILES string of the molecule is CC(C)N(C[C@@H]1[C@@H](CN)C1(C)C)C(=O)OC(C)(C)C. The van der Waals surface area contributed by atoms with E-state index in [4.69, 9.17) is 10.5 Å². The zero-order valence-electron chi connectivity index (χ0n) is 13.5. The van der Waals surface area contributed by atoms with E-state index in [9.17, 15) is 4.79 Å². The number of ether oxygens (including phenoxy) is 1. The number of nitrogens with two attached hydrogens (primary N) is 1. The molecule has 1 amide bonds. The lowest BCUT2D eigenvalue weighted by Crippen LogP contribution is -2.42. The first-order chi connectivity index (χ1) is 8.50. The first-order valence-electron chi connectivity index (χ1n) is 7.20. The highest BCUT2D eigenvalue weighted by Gasteiger charge is 2.57. The van der Waals surface area contributed by atoms with Gasteiger partial charge in [-0.25, -0.2) is 4.79 Å². The molecule has 0 spiro atoms. The van der Waals surface area contributed by atoms with E-state index in [0.717, 1.165) is 6.54 Å². The smallest absolute Gasteiger partial charge is 0.410 e. The van der Waals surface area contributed by atoms with E-state index in [1.54, 1.807) is 0 Å². The fraction of sp³-hybridized carbons (Fsp3) is 0.933. The van der Waals surface area contributed by atoms with Crippen molar-refractivity contribution in [1.82, 2.24) is 4.90 Å². The van der Waals surface area contributed by atoms with Gasteiger partial charge in [0.1, 0.15) is 5.60 Å². The summed E-state index contributed by atoms with van der Waals surface area (Å²) in [7, 11) is 0. The first-order valence-corrected chi connectivity index (χ1v) is 7.20. The van der Waals surface area contributed by atoms with Crippen molar-refractivity contribution in [3.05, 3.63) is 0 Å². The van der Waals surface area contributed by atoms with Gasteiger partial charge >= 0.3 is 6.09 Å². The molecule has 0 radical (unpaired) electrons. The van der Waals surface area contributed by atoms with Crippen LogP contribution in [0.15, 0.2) is 0 Å². The number of hydrogen-bond acceptors (Lipinski definition) is 3. The second-order valence-electron chi connectivity index (χ2n) is 7.50. The Balaban J connectivity index is 2.68. The van der Waals surface area contributed by atoms with E-state index in [2.05, 4.69) is 13.8 Å². The first kappa shape index (κ1) is 16.3. The standard InChI is InChI=1S/C15H30N2O2/c1-10(2)17(13(18)19-14(3,4)5)9-12-11(8-16)15(12,6)7/h10-12H,8-9,16H2,1-7H3/t11-,12-/m1/s1. The topological polar surface area (TPSA) is 55.6 Å². The third-order valence-corrected chi connectivity index (χ3v) is 4.19. The molecule has 2 N–H and O–H groups in total. The maximum atomic E-state index is 12.2. The summed E-state index contributed by atoms with van der Waals surface area (Å²) < 4.78 is 5.48. The summed E-state index contributed by atoms with van der Waals surface area (Å²) >= 11 is 0. The minimum atomic E-state index is -0.448. The van der Waals surface area contributed by atoms with Gasteiger partial charge in [-0.2, -0.15) is 0 Å². The Morgan fingerprint density at radius 1 is 1.32 bits per heavy atom. The van der Waals surface area contributed by atoms with Crippen LogP contribution in [0.1, 0.15) is 48.5 Å². The monoisotopic (exact) mass is 270 g/mol. The minimum Gasteiger partial charge on any atom is -0.444 e. The molecule has 1 saturated carbocycles. The Morgan fingerprint density at radius 3 is 2.16 bits per heavy atom. The van der Waals surface area contributed by atoms with Gasteiger partial charge < -0.3 is 15.4 Å². The van der Waals surface area contributed by atoms with Gasteiger partial charge in [0.15, 0.2) is 0 Å². The maximum Gasteiger partial charge on any atom is 0.410 e. The summed E-state index contributed by atoms with van der Waals surface area (Å²) in [4.78, 5) is 14.1. The molecule has 0 bridgehead atoms. The average Bonchev–Trinajstić information content (AvgIpc) is 2.72. The van der Waals surface area contributed by atoms with Crippen LogP contribution >= 0.6 is 0 Å². The fourth-order valence-electron chi connectivity index (χ4n) is 2.72. The summed E-state index contributed by atoms with van der Waals surface area (Å²) in [5.74, 6) is 0.989. The lowest BCUT2D eigenvalue weighted by Gasteiger charge is -2.30. The highest BCUT2D eigenvalue weighted by atomic mass is 16.6. The molecular weight excluding hydrogens is 240 g/mol. The van der Waals surface area contributed by atoms with Crippen LogP contribution in [0.2, 0.25) is 0 Å². The summed E-state index contributed by atoms with van der Waals surface area (Å²) in [6.45, 7) is 15.6. The predicted octanol–water partition coefficient (Wildman–Crippen LogP) is 2.86. The van der Waals surface area contributed by atoms with Gasteiger partial charge in [-0.3, -0.25) is 0 Å². The lowest BCUT2D eigenvalue weighted by molar-refractivity contribution is 0.0172. The van der Waals surface area contributed by atoms with Crippen LogP contribution < -0.4 is 5.73 Å². The van der Waals surface area contributed by atoms with E-state index in [0.29, 0.717) is 18.4 Å². The van der Waals surface area contributed by atoms with Crippen molar-refractivity contribution in [2.45, 2.75) is 60.1 Å². The molecule has 4 heteroatoms. The van der Waals surface area contributed by atoms with Crippen LogP contribution in [0.4, 0.5) is 4.79 Å². The second kappa shape index (κ2) is 5.31. The van der Waals surface area contributed by atoms with E-state index in [1.807, 2.05) is 39.5 Å². The lowest BCUT2D eigenvalue weighted by atomic mass is 10.1. The second-order valence-corrected chi connectivity index (χ2v) is 7.50. The van der Waals surface area contributed by atoms with Gasteiger partial charge in [-0.15, -0.1) is 0 Å². The molecule has 1 fully saturated rings. The van der Waals surface area contributed by atoms with Gasteiger partial charge in [0.25, 0.3) is 0 Å². The Hall–Kier alpha value is -0.770. The highest BCUT2D eigenvalue weighted by Crippen LogP contribution is 2.57. The molecule has 0 aromatic carbocycles. The predicted molar refractivity (Wildman–Crippen MR) is 77.9 cm³/mol. The quantitative estimate of drug-likeness (QED) is 0.854. The van der Waals surface area contributed by atoms with E-state index < -0.39 is 5.60 Å². The van der Waals surface area contributed by atoms with E-state index in [1.165, 1.54) is 0 Å². The fourth-order valence-corrected chi connectivity index (χ4v) is 2.72. The van der Waals surface area contributed by atoms with Crippen molar-refractivity contribution in [3.63, 3.8) is 0 Å². The van der Waals surface area contributed by atoms with Crippen LogP contribution in [0.3, 0.4) is 0 Å². The molecule has 1 rings (SSSR count). The molecule has 0 saturated heterocycles. The van der Waals surface area contributed by atoms with Crippen LogP contribution in [-0.2, 0) is 4.74 Å². The average molecular weight is 270 g/mol. The van der Waals surface area contributed by atoms with Crippen molar-refractivity contribution in [3.8, 4) is 0 Å². The highest BCUT2D eigenvalue weighted by molar-refractivity contribution is 5.68. The third-order valence-electron chi connectivity index (χ3n) is 4.19. The van der Waals surface area contributed by atoms with Crippen molar-refractivity contribution in [2.75, 3.05) is 13.1 Å². The molecule has 112 valence electrons. The Bertz CT molecular complexity index is 332. The normalized spacial score (nSPS) is 25.3. The van der Waals surface area contributed by atoms with E-state index >= 15 is 0 Å². The summed E-state index contributed by atoms with van der Waals surface area (Å²) in [6, 6.07) is 0.143. The van der Waals surface area contributed by atoms with Gasteiger partial charge in [-0.05, 0) is 58.4 Å². The third kappa shape index (κ3) is 3.85. The molecule has 0 aromatic heterocycles. The number of carbonyl (C=O) groups excluding carboxylic acids is 1. The number of carbonyl (C=O) groups is 1. The zero-order chi connectivity index (χ0) is 15.0. The van der Waals surface area contributed by atoms with Gasteiger partial charge in [0.2, 0.25) is 0 Å². The summed E-state index contributed by atoms with van der Waals surface area (Å²) in [5.41, 5.74) is 5.59. The molecular formula is C15H30N2O2. The van der Waals surface area contributed by atoms with Gasteiger partial charge in [0.05, 0.1) is 0 Å². The molecule has 2 atom stereocenters. The molecule has 1 aliphatic carbocycles. The van der Waals surface area contributed by atoms with Crippen LogP contribution in [0.5, 0.6) is 0 Å². The number of amides is 1. The number of rotatable bonds is 4. The van der Waals surface area contributed by atoms with Gasteiger partial charge in [0, 0.05) is 12.6 Å². The van der Waals surface area contributed by atoms with Crippen molar-refractivity contribution < 1.29 is 9.53 Å². The summed E-state index contributed by atoms with van der Waals surface area (Å²) in [5, 5.41) is 0. The number of hydrogen-bond donors (Lipinski definition) is 1. The van der Waals surface area contributed by atoms with Crippen LogP contribution in [-0.4, -0.2) is 35.7 Å². The Labute approximate surface area is 117 Å². The van der Waals surface area contributed by atoms with Crippen molar-refractivity contribution >= 4 is 6.09 Å².